The predicted octanol–water partition coefficient (Wildman–Crippen LogP) is 3.54. The van der Waals surface area contributed by atoms with Gasteiger partial charge >= 0.3 is 0 Å². The lowest BCUT2D eigenvalue weighted by molar-refractivity contribution is 0.199. The van der Waals surface area contributed by atoms with Gasteiger partial charge in [-0.3, -0.25) is 9.62 Å². The Balaban J connectivity index is 1.68. The number of piperazine rings is 1. The normalized spacial score (nSPS) is 18.5. The van der Waals surface area contributed by atoms with Gasteiger partial charge in [-0.05, 0) is 49.2 Å². The van der Waals surface area contributed by atoms with E-state index in [0.717, 1.165) is 37.6 Å². The predicted molar refractivity (Wildman–Crippen MR) is 114 cm³/mol. The number of nitrogens with one attached hydrogen (secondary N) is 1. The Kier molecular flexibility index (Phi) is 6.25. The zero-order valence-electron chi connectivity index (χ0n) is 17.1. The standard InChI is InChI=1S/C21H30N4O2S/c1-5-24-12-13-25(15-17(24)4)21-11-8-19(14-22-21)23-28(26,27)20-9-6-18(7-10-20)16(2)3/h6-11,14,16-17,23H,5,12-13,15H2,1-4H3/t17-/m0/s1. The number of pyridine rings is 1. The summed E-state index contributed by atoms with van der Waals surface area (Å²) < 4.78 is 27.9. The van der Waals surface area contributed by atoms with E-state index in [-0.39, 0.29) is 4.90 Å². The van der Waals surface area contributed by atoms with Crippen molar-refractivity contribution in [3.8, 4) is 0 Å². The summed E-state index contributed by atoms with van der Waals surface area (Å²) in [6.45, 7) is 12.5. The molecule has 0 radical (unpaired) electrons. The smallest absolute Gasteiger partial charge is 0.261 e. The Morgan fingerprint density at radius 2 is 1.86 bits per heavy atom. The maximum atomic E-state index is 12.6. The van der Waals surface area contributed by atoms with Gasteiger partial charge in [-0.2, -0.15) is 0 Å². The van der Waals surface area contributed by atoms with Gasteiger partial charge in [0.15, 0.2) is 0 Å². The van der Waals surface area contributed by atoms with E-state index in [1.54, 1.807) is 24.4 Å². The number of rotatable bonds is 6. The van der Waals surface area contributed by atoms with E-state index in [2.05, 4.69) is 47.2 Å². The Morgan fingerprint density at radius 3 is 2.39 bits per heavy atom. The molecule has 0 saturated carbocycles. The van der Waals surface area contributed by atoms with Gasteiger partial charge < -0.3 is 4.90 Å². The molecular weight excluding hydrogens is 372 g/mol. The van der Waals surface area contributed by atoms with Crippen molar-refractivity contribution in [3.63, 3.8) is 0 Å². The van der Waals surface area contributed by atoms with Crippen LogP contribution in [-0.4, -0.2) is 50.5 Å². The number of nitrogens with zero attached hydrogens (tertiary/aromatic N) is 3. The number of anilines is 2. The molecule has 0 spiro atoms. The Morgan fingerprint density at radius 1 is 1.14 bits per heavy atom. The van der Waals surface area contributed by atoms with Crippen molar-refractivity contribution in [1.82, 2.24) is 9.88 Å². The molecule has 1 N–H and O–H groups in total. The maximum Gasteiger partial charge on any atom is 0.261 e. The van der Waals surface area contributed by atoms with Gasteiger partial charge in [-0.1, -0.05) is 32.9 Å². The number of benzene rings is 1. The van der Waals surface area contributed by atoms with Gasteiger partial charge in [0.05, 0.1) is 16.8 Å². The van der Waals surface area contributed by atoms with Crippen molar-refractivity contribution < 1.29 is 8.42 Å². The minimum Gasteiger partial charge on any atom is -0.354 e. The van der Waals surface area contributed by atoms with Gasteiger partial charge in [0.25, 0.3) is 10.0 Å². The highest BCUT2D eigenvalue weighted by Crippen LogP contribution is 2.22. The molecular formula is C21H30N4O2S. The first-order chi connectivity index (χ1) is 13.3. The molecule has 1 aliphatic rings. The minimum atomic E-state index is -3.62. The van der Waals surface area contributed by atoms with Gasteiger partial charge in [0.2, 0.25) is 0 Å². The summed E-state index contributed by atoms with van der Waals surface area (Å²) in [4.78, 5) is 9.44. The van der Waals surface area contributed by atoms with E-state index in [1.807, 2.05) is 18.2 Å². The van der Waals surface area contributed by atoms with Crippen molar-refractivity contribution >= 4 is 21.5 Å². The highest BCUT2D eigenvalue weighted by Gasteiger charge is 2.23. The van der Waals surface area contributed by atoms with Crippen LogP contribution in [0.1, 0.15) is 39.2 Å². The van der Waals surface area contributed by atoms with Crippen LogP contribution in [0.4, 0.5) is 11.5 Å². The van der Waals surface area contributed by atoms with Crippen LogP contribution in [0, 0.1) is 0 Å². The van der Waals surface area contributed by atoms with Crippen molar-refractivity contribution in [1.29, 1.82) is 0 Å². The summed E-state index contributed by atoms with van der Waals surface area (Å²) in [5, 5.41) is 0. The molecule has 1 atom stereocenters. The van der Waals surface area contributed by atoms with Crippen LogP contribution in [0.25, 0.3) is 0 Å². The van der Waals surface area contributed by atoms with Gasteiger partial charge in [-0.25, -0.2) is 13.4 Å². The second-order valence-electron chi connectivity index (χ2n) is 7.66. The van der Waals surface area contributed by atoms with Gasteiger partial charge in [-0.15, -0.1) is 0 Å². The first-order valence-corrected chi connectivity index (χ1v) is 11.4. The zero-order valence-corrected chi connectivity index (χ0v) is 17.9. The summed E-state index contributed by atoms with van der Waals surface area (Å²) in [7, 11) is -3.62. The van der Waals surface area contributed by atoms with Crippen LogP contribution >= 0.6 is 0 Å². The third-order valence-corrected chi connectivity index (χ3v) is 6.75. The van der Waals surface area contributed by atoms with E-state index in [9.17, 15) is 8.42 Å². The average molecular weight is 403 g/mol. The van der Waals surface area contributed by atoms with Crippen LogP contribution in [0.3, 0.4) is 0 Å². The SMILES string of the molecule is CCN1CCN(c2ccc(NS(=O)(=O)c3ccc(C(C)C)cc3)cn2)C[C@@H]1C. The molecule has 0 aliphatic carbocycles. The largest absolute Gasteiger partial charge is 0.354 e. The fourth-order valence-electron chi connectivity index (χ4n) is 3.55. The fourth-order valence-corrected chi connectivity index (χ4v) is 4.60. The molecule has 2 heterocycles. The molecule has 1 fully saturated rings. The lowest BCUT2D eigenvalue weighted by Crippen LogP contribution is -2.51. The fraction of sp³-hybridized carbons (Fsp3) is 0.476. The molecule has 6 nitrogen and oxygen atoms in total. The molecule has 0 bridgehead atoms. The number of aromatic nitrogens is 1. The molecule has 1 aliphatic heterocycles. The molecule has 2 aromatic rings. The van der Waals surface area contributed by atoms with Gasteiger partial charge in [0, 0.05) is 25.7 Å². The summed E-state index contributed by atoms with van der Waals surface area (Å²) in [5.74, 6) is 1.25. The number of sulfonamides is 1. The Hall–Kier alpha value is -2.12. The quantitative estimate of drug-likeness (QED) is 0.801. The first-order valence-electron chi connectivity index (χ1n) is 9.88. The van der Waals surface area contributed by atoms with Crippen LogP contribution in [0.2, 0.25) is 0 Å². The van der Waals surface area contributed by atoms with Crippen molar-refractivity contribution in [3.05, 3.63) is 48.2 Å². The van der Waals surface area contributed by atoms with Crippen molar-refractivity contribution in [2.75, 3.05) is 35.8 Å². The van der Waals surface area contributed by atoms with Crippen molar-refractivity contribution in [2.45, 2.75) is 44.6 Å². The molecule has 0 amide bonds. The summed E-state index contributed by atoms with van der Waals surface area (Å²) in [5.41, 5.74) is 1.58. The topological polar surface area (TPSA) is 65.5 Å². The van der Waals surface area contributed by atoms with Crippen LogP contribution < -0.4 is 9.62 Å². The zero-order chi connectivity index (χ0) is 20.3. The lowest BCUT2D eigenvalue weighted by atomic mass is 10.0. The van der Waals surface area contributed by atoms with Crippen molar-refractivity contribution in [2.24, 2.45) is 0 Å². The molecule has 152 valence electrons. The lowest BCUT2D eigenvalue weighted by Gasteiger charge is -2.39. The van der Waals surface area contributed by atoms with E-state index in [4.69, 9.17) is 0 Å². The van der Waals surface area contributed by atoms with E-state index >= 15 is 0 Å². The molecule has 3 rings (SSSR count). The first kappa shape index (κ1) is 20.6. The Bertz CT molecular complexity index is 880. The summed E-state index contributed by atoms with van der Waals surface area (Å²) in [6.07, 6.45) is 1.59. The third-order valence-electron chi connectivity index (χ3n) is 5.35. The third kappa shape index (κ3) is 4.64. The van der Waals surface area contributed by atoms with Gasteiger partial charge in [0.1, 0.15) is 5.82 Å². The highest BCUT2D eigenvalue weighted by atomic mass is 32.2. The molecule has 7 heteroatoms. The maximum absolute atomic E-state index is 12.6. The van der Waals surface area contributed by atoms with Crippen LogP contribution in [0.5, 0.6) is 0 Å². The second-order valence-corrected chi connectivity index (χ2v) is 9.34. The Labute approximate surface area is 168 Å². The van der Waals surface area contributed by atoms with Crippen LogP contribution in [-0.2, 0) is 10.0 Å². The van der Waals surface area contributed by atoms with E-state index < -0.39 is 10.0 Å². The second kappa shape index (κ2) is 8.49. The minimum absolute atomic E-state index is 0.255. The molecule has 1 aromatic carbocycles. The summed E-state index contributed by atoms with van der Waals surface area (Å²) in [6, 6.07) is 11.2. The monoisotopic (exact) mass is 402 g/mol. The van der Waals surface area contributed by atoms with Crippen LogP contribution in [0.15, 0.2) is 47.5 Å². The number of likely N-dealkylation sites (N-methyl/N-ethyl adjacent to an activating group) is 1. The highest BCUT2D eigenvalue weighted by molar-refractivity contribution is 7.92. The number of hydrogen-bond donors (Lipinski definition) is 1. The number of hydrogen-bond acceptors (Lipinski definition) is 5. The molecule has 1 aromatic heterocycles. The average Bonchev–Trinajstić information content (AvgIpc) is 2.68. The van der Waals surface area contributed by atoms with E-state index in [1.165, 1.54) is 0 Å². The van der Waals surface area contributed by atoms with E-state index in [0.29, 0.717) is 17.6 Å². The molecule has 0 unspecified atom stereocenters. The molecule has 28 heavy (non-hydrogen) atoms. The molecule has 1 saturated heterocycles. The summed E-state index contributed by atoms with van der Waals surface area (Å²) >= 11 is 0.